The first kappa shape index (κ1) is 21.3. The summed E-state index contributed by atoms with van der Waals surface area (Å²) in [4.78, 5) is 42.6. The molecule has 1 N–H and O–H groups in total. The fourth-order valence-electron chi connectivity index (χ4n) is 3.29. The van der Waals surface area contributed by atoms with Gasteiger partial charge in [0, 0.05) is 10.9 Å². The summed E-state index contributed by atoms with van der Waals surface area (Å²) in [7, 11) is 2.86. The van der Waals surface area contributed by atoms with Crippen LogP contribution in [0, 0.1) is 0 Å². The van der Waals surface area contributed by atoms with Crippen LogP contribution >= 0.6 is 11.3 Å². The standard InChI is InChI=1S/C23H19N3O5S/c1-30-15-9-7-14(8-10-15)17-12-32-21-20(17)22(28)26(13-24-21)11-19(27)25-18-6-4-3-5-16(18)23(29)31-2/h3-10,12-13H,11H2,1-2H3,(H,25,27). The van der Waals surface area contributed by atoms with E-state index < -0.39 is 11.9 Å². The fourth-order valence-corrected chi connectivity index (χ4v) is 4.19. The smallest absolute Gasteiger partial charge is 0.339 e. The lowest BCUT2D eigenvalue weighted by Crippen LogP contribution is -2.28. The largest absolute Gasteiger partial charge is 0.497 e. The Morgan fingerprint density at radius 2 is 1.84 bits per heavy atom. The molecule has 0 unspecified atom stereocenters. The lowest BCUT2D eigenvalue weighted by molar-refractivity contribution is -0.116. The Balaban J connectivity index is 1.63. The van der Waals surface area contributed by atoms with Crippen molar-refractivity contribution in [2.75, 3.05) is 19.5 Å². The molecule has 9 heteroatoms. The maximum atomic E-state index is 13.2. The first-order valence-corrected chi connectivity index (χ1v) is 10.5. The van der Waals surface area contributed by atoms with Gasteiger partial charge in [0.15, 0.2) is 0 Å². The summed E-state index contributed by atoms with van der Waals surface area (Å²) in [6.07, 6.45) is 1.35. The van der Waals surface area contributed by atoms with Gasteiger partial charge in [-0.1, -0.05) is 24.3 Å². The van der Waals surface area contributed by atoms with Gasteiger partial charge in [0.2, 0.25) is 5.91 Å². The number of rotatable bonds is 6. The first-order chi connectivity index (χ1) is 15.5. The molecule has 0 atom stereocenters. The second-order valence-electron chi connectivity index (χ2n) is 6.82. The molecule has 4 rings (SSSR count). The molecule has 2 heterocycles. The summed E-state index contributed by atoms with van der Waals surface area (Å²) in [6, 6.07) is 13.9. The number of fused-ring (bicyclic) bond motifs is 1. The zero-order chi connectivity index (χ0) is 22.7. The second-order valence-corrected chi connectivity index (χ2v) is 7.68. The van der Waals surface area contributed by atoms with Crippen LogP contribution in [-0.4, -0.2) is 35.6 Å². The second kappa shape index (κ2) is 9.03. The van der Waals surface area contributed by atoms with Crippen molar-refractivity contribution in [3.05, 3.63) is 76.2 Å². The number of hydrogen-bond donors (Lipinski definition) is 1. The Bertz CT molecular complexity index is 1360. The van der Waals surface area contributed by atoms with Crippen molar-refractivity contribution in [1.82, 2.24) is 9.55 Å². The molecule has 0 bridgehead atoms. The molecule has 0 saturated heterocycles. The molecule has 0 aliphatic rings. The molecule has 0 aliphatic heterocycles. The molecule has 0 spiro atoms. The highest BCUT2D eigenvalue weighted by molar-refractivity contribution is 7.17. The van der Waals surface area contributed by atoms with Crippen LogP contribution < -0.4 is 15.6 Å². The Morgan fingerprint density at radius 1 is 1.09 bits per heavy atom. The van der Waals surface area contributed by atoms with Crippen LogP contribution in [0.25, 0.3) is 21.3 Å². The molecule has 0 aliphatic carbocycles. The number of nitrogens with zero attached hydrogens (tertiary/aromatic N) is 2. The highest BCUT2D eigenvalue weighted by Crippen LogP contribution is 2.31. The molecule has 8 nitrogen and oxygen atoms in total. The van der Waals surface area contributed by atoms with Gasteiger partial charge in [-0.05, 0) is 29.8 Å². The zero-order valence-corrected chi connectivity index (χ0v) is 18.1. The van der Waals surface area contributed by atoms with Crippen LogP contribution in [0.4, 0.5) is 5.69 Å². The van der Waals surface area contributed by atoms with Crippen LogP contribution in [0.5, 0.6) is 5.75 Å². The van der Waals surface area contributed by atoms with E-state index in [1.807, 2.05) is 29.6 Å². The van der Waals surface area contributed by atoms with Gasteiger partial charge in [-0.25, -0.2) is 9.78 Å². The number of thiophene rings is 1. The minimum absolute atomic E-state index is 0.226. The molecule has 0 saturated carbocycles. The number of carbonyl (C=O) groups excluding carboxylic acids is 2. The SMILES string of the molecule is COC(=O)c1ccccc1NC(=O)Cn1cnc2scc(-c3ccc(OC)cc3)c2c1=O. The van der Waals surface area contributed by atoms with E-state index in [2.05, 4.69) is 10.3 Å². The number of methoxy groups -OCH3 is 2. The maximum absolute atomic E-state index is 13.2. The molecule has 2 aromatic heterocycles. The average Bonchev–Trinajstić information content (AvgIpc) is 3.26. The van der Waals surface area contributed by atoms with E-state index in [4.69, 9.17) is 9.47 Å². The first-order valence-electron chi connectivity index (χ1n) is 9.60. The number of anilines is 1. The summed E-state index contributed by atoms with van der Waals surface area (Å²) in [6.45, 7) is -0.255. The van der Waals surface area contributed by atoms with E-state index in [1.54, 1.807) is 31.4 Å². The lowest BCUT2D eigenvalue weighted by Gasteiger charge is -2.10. The van der Waals surface area contributed by atoms with Gasteiger partial charge in [-0.15, -0.1) is 11.3 Å². The minimum atomic E-state index is -0.566. The minimum Gasteiger partial charge on any atom is -0.497 e. The molecular weight excluding hydrogens is 430 g/mol. The van der Waals surface area contributed by atoms with Gasteiger partial charge in [0.25, 0.3) is 5.56 Å². The van der Waals surface area contributed by atoms with E-state index >= 15 is 0 Å². The Morgan fingerprint density at radius 3 is 2.56 bits per heavy atom. The monoisotopic (exact) mass is 449 g/mol. The van der Waals surface area contributed by atoms with E-state index in [0.29, 0.717) is 21.7 Å². The third kappa shape index (κ3) is 4.10. The molecule has 32 heavy (non-hydrogen) atoms. The van der Waals surface area contributed by atoms with E-state index in [0.717, 1.165) is 11.1 Å². The predicted molar refractivity (Wildman–Crippen MR) is 122 cm³/mol. The number of aromatic nitrogens is 2. The van der Waals surface area contributed by atoms with Crippen molar-refractivity contribution in [1.29, 1.82) is 0 Å². The van der Waals surface area contributed by atoms with Gasteiger partial charge in [-0.2, -0.15) is 0 Å². The highest BCUT2D eigenvalue weighted by atomic mass is 32.1. The summed E-state index contributed by atoms with van der Waals surface area (Å²) in [5, 5.41) is 4.99. The number of ether oxygens (including phenoxy) is 2. The number of amides is 1. The van der Waals surface area contributed by atoms with Crippen LogP contribution in [0.2, 0.25) is 0 Å². The highest BCUT2D eigenvalue weighted by Gasteiger charge is 2.17. The fraction of sp³-hybridized carbons (Fsp3) is 0.130. The average molecular weight is 449 g/mol. The number of hydrogen-bond acceptors (Lipinski definition) is 7. The third-order valence-corrected chi connectivity index (χ3v) is 5.77. The van der Waals surface area contributed by atoms with Gasteiger partial charge in [0.1, 0.15) is 17.1 Å². The van der Waals surface area contributed by atoms with Gasteiger partial charge < -0.3 is 14.8 Å². The summed E-state index contributed by atoms with van der Waals surface area (Å²) < 4.78 is 11.2. The van der Waals surface area contributed by atoms with Crippen molar-refractivity contribution in [3.8, 4) is 16.9 Å². The van der Waals surface area contributed by atoms with Crippen molar-refractivity contribution in [3.63, 3.8) is 0 Å². The van der Waals surface area contributed by atoms with E-state index in [9.17, 15) is 14.4 Å². The quantitative estimate of drug-likeness (QED) is 0.452. The van der Waals surface area contributed by atoms with Crippen molar-refractivity contribution in [2.45, 2.75) is 6.54 Å². The Kier molecular flexibility index (Phi) is 6.00. The Hall–Kier alpha value is -3.98. The number of carbonyl (C=O) groups is 2. The van der Waals surface area contributed by atoms with Gasteiger partial charge in [-0.3, -0.25) is 14.2 Å². The van der Waals surface area contributed by atoms with E-state index in [-0.39, 0.29) is 17.7 Å². The molecule has 162 valence electrons. The van der Waals surface area contributed by atoms with Crippen LogP contribution in [-0.2, 0) is 16.1 Å². The van der Waals surface area contributed by atoms with Crippen molar-refractivity contribution >= 4 is 39.1 Å². The summed E-state index contributed by atoms with van der Waals surface area (Å²) in [5.41, 5.74) is 1.81. The summed E-state index contributed by atoms with van der Waals surface area (Å²) >= 11 is 1.36. The number of para-hydroxylation sites is 1. The third-order valence-electron chi connectivity index (χ3n) is 4.88. The van der Waals surface area contributed by atoms with Gasteiger partial charge >= 0.3 is 5.97 Å². The number of benzene rings is 2. The molecule has 2 aromatic carbocycles. The maximum Gasteiger partial charge on any atom is 0.339 e. The predicted octanol–water partition coefficient (Wildman–Crippen LogP) is 3.56. The Labute approximate surface area is 187 Å². The van der Waals surface area contributed by atoms with Crippen molar-refractivity contribution in [2.24, 2.45) is 0 Å². The van der Waals surface area contributed by atoms with Crippen LogP contribution in [0.1, 0.15) is 10.4 Å². The van der Waals surface area contributed by atoms with Gasteiger partial charge in [0.05, 0.1) is 37.2 Å². The summed E-state index contributed by atoms with van der Waals surface area (Å²) in [5.74, 6) is -0.317. The molecule has 1 amide bonds. The zero-order valence-electron chi connectivity index (χ0n) is 17.3. The normalized spacial score (nSPS) is 10.7. The van der Waals surface area contributed by atoms with Crippen LogP contribution in [0.3, 0.4) is 0 Å². The topological polar surface area (TPSA) is 99.5 Å². The molecule has 0 radical (unpaired) electrons. The van der Waals surface area contributed by atoms with Crippen LogP contribution in [0.15, 0.2) is 65.0 Å². The molecule has 4 aromatic rings. The number of nitrogens with one attached hydrogen (secondary N) is 1. The van der Waals surface area contributed by atoms with E-state index in [1.165, 1.54) is 29.3 Å². The molecular formula is C23H19N3O5S. The molecule has 0 fully saturated rings. The van der Waals surface area contributed by atoms with Crippen molar-refractivity contribution < 1.29 is 19.1 Å². The lowest BCUT2D eigenvalue weighted by atomic mass is 10.1. The number of esters is 1.